The van der Waals surface area contributed by atoms with E-state index in [0.29, 0.717) is 5.56 Å². The molecule has 0 saturated carbocycles. The van der Waals surface area contributed by atoms with Gasteiger partial charge < -0.3 is 14.2 Å². The van der Waals surface area contributed by atoms with Crippen LogP contribution >= 0.6 is 0 Å². The molecule has 0 bridgehead atoms. The van der Waals surface area contributed by atoms with Crippen molar-refractivity contribution in [2.75, 3.05) is 14.2 Å². The van der Waals surface area contributed by atoms with E-state index >= 15 is 0 Å². The van der Waals surface area contributed by atoms with Gasteiger partial charge in [0.15, 0.2) is 0 Å². The van der Waals surface area contributed by atoms with Crippen LogP contribution in [0.5, 0.6) is 5.75 Å². The van der Waals surface area contributed by atoms with Crippen LogP contribution in [0.15, 0.2) is 30.0 Å². The number of benzene rings is 1. The highest BCUT2D eigenvalue weighted by atomic mass is 16.6. The van der Waals surface area contributed by atoms with Crippen LogP contribution in [0.1, 0.15) is 12.5 Å². The van der Waals surface area contributed by atoms with Crippen molar-refractivity contribution in [1.82, 2.24) is 0 Å². The zero-order valence-electron chi connectivity index (χ0n) is 12.3. The van der Waals surface area contributed by atoms with Gasteiger partial charge in [-0.2, -0.15) is 0 Å². The number of para-hydroxylation sites is 1. The van der Waals surface area contributed by atoms with Crippen molar-refractivity contribution in [3.63, 3.8) is 0 Å². The molecule has 0 atom stereocenters. The Kier molecular flexibility index (Phi) is 6.06. The summed E-state index contributed by atoms with van der Waals surface area (Å²) in [5, 5.41) is 10.7. The molecule has 0 unspecified atom stereocenters. The number of carbonyl (C=O) groups excluding carboxylic acids is 2. The number of rotatable bonds is 6. The Bertz CT molecular complexity index is 593. The largest absolute Gasteiger partial charge is 0.466 e. The van der Waals surface area contributed by atoms with Crippen LogP contribution in [0.2, 0.25) is 0 Å². The van der Waals surface area contributed by atoms with Crippen molar-refractivity contribution in [3.05, 3.63) is 45.6 Å². The molecule has 1 aromatic rings. The predicted molar refractivity (Wildman–Crippen MR) is 75.5 cm³/mol. The molecular formula is C14H15NO7. The molecule has 0 amide bonds. The standard InChI is InChI=1S/C14H15NO7/c1-9(15(18)19)8-10-6-4-5-7-11(10)22-12(13(16)20-2)14(17)21-3/h4-8,12H,1-3H3/b9-8+. The number of esters is 2. The van der Waals surface area contributed by atoms with Gasteiger partial charge >= 0.3 is 11.9 Å². The molecule has 22 heavy (non-hydrogen) atoms. The second-order valence-electron chi connectivity index (χ2n) is 4.12. The molecule has 0 fully saturated rings. The van der Waals surface area contributed by atoms with Gasteiger partial charge in [-0.3, -0.25) is 10.1 Å². The molecule has 0 aromatic heterocycles. The van der Waals surface area contributed by atoms with Gasteiger partial charge in [0, 0.05) is 18.6 Å². The number of ether oxygens (including phenoxy) is 3. The first kappa shape index (κ1) is 17.2. The molecule has 0 saturated heterocycles. The number of hydrogen-bond acceptors (Lipinski definition) is 7. The van der Waals surface area contributed by atoms with Gasteiger partial charge in [0.1, 0.15) is 5.75 Å². The van der Waals surface area contributed by atoms with E-state index in [2.05, 4.69) is 9.47 Å². The third-order valence-corrected chi connectivity index (χ3v) is 2.65. The average molecular weight is 309 g/mol. The van der Waals surface area contributed by atoms with Crippen LogP contribution in [0.25, 0.3) is 6.08 Å². The third-order valence-electron chi connectivity index (χ3n) is 2.65. The second-order valence-corrected chi connectivity index (χ2v) is 4.12. The van der Waals surface area contributed by atoms with E-state index in [1.54, 1.807) is 18.2 Å². The fraction of sp³-hybridized carbons (Fsp3) is 0.286. The molecule has 0 aliphatic rings. The van der Waals surface area contributed by atoms with Gasteiger partial charge in [0.25, 0.3) is 6.10 Å². The smallest absolute Gasteiger partial charge is 0.359 e. The van der Waals surface area contributed by atoms with E-state index in [1.165, 1.54) is 19.1 Å². The maximum atomic E-state index is 11.6. The Morgan fingerprint density at radius 1 is 1.18 bits per heavy atom. The highest BCUT2D eigenvalue weighted by Crippen LogP contribution is 2.23. The van der Waals surface area contributed by atoms with Crippen LogP contribution in [0, 0.1) is 10.1 Å². The summed E-state index contributed by atoms with van der Waals surface area (Å²) in [6, 6.07) is 6.25. The number of allylic oxidation sites excluding steroid dienone is 1. The molecule has 8 heteroatoms. The van der Waals surface area contributed by atoms with Crippen LogP contribution in [-0.2, 0) is 19.1 Å². The number of methoxy groups -OCH3 is 2. The molecule has 118 valence electrons. The molecule has 0 aliphatic carbocycles. The summed E-state index contributed by atoms with van der Waals surface area (Å²) in [4.78, 5) is 33.3. The number of nitrogens with zero attached hydrogens (tertiary/aromatic N) is 1. The van der Waals surface area contributed by atoms with Gasteiger partial charge in [0.2, 0.25) is 5.70 Å². The summed E-state index contributed by atoms with van der Waals surface area (Å²) in [7, 11) is 2.20. The maximum absolute atomic E-state index is 11.6. The van der Waals surface area contributed by atoms with Crippen LogP contribution < -0.4 is 4.74 Å². The number of hydrogen-bond donors (Lipinski definition) is 0. The first-order valence-corrected chi connectivity index (χ1v) is 6.14. The summed E-state index contributed by atoms with van der Waals surface area (Å²) in [6.07, 6.45) is -0.346. The van der Waals surface area contributed by atoms with Crippen molar-refractivity contribution in [3.8, 4) is 5.75 Å². The Labute approximate surface area is 126 Å². The molecule has 0 radical (unpaired) electrons. The fourth-order valence-corrected chi connectivity index (χ4v) is 1.52. The maximum Gasteiger partial charge on any atom is 0.359 e. The minimum Gasteiger partial charge on any atom is -0.466 e. The molecule has 0 spiro atoms. The molecule has 0 heterocycles. The third kappa shape index (κ3) is 4.30. The van der Waals surface area contributed by atoms with Crippen molar-refractivity contribution in [2.45, 2.75) is 13.0 Å². The monoisotopic (exact) mass is 309 g/mol. The van der Waals surface area contributed by atoms with Gasteiger partial charge in [0.05, 0.1) is 19.1 Å². The summed E-state index contributed by atoms with van der Waals surface area (Å²) in [5.41, 5.74) is 0.221. The van der Waals surface area contributed by atoms with Crippen molar-refractivity contribution in [2.24, 2.45) is 0 Å². The molecule has 0 aliphatic heterocycles. The Morgan fingerprint density at radius 2 is 1.73 bits per heavy atom. The molecule has 0 N–H and O–H groups in total. The van der Waals surface area contributed by atoms with Gasteiger partial charge in [-0.25, -0.2) is 9.59 Å². The van der Waals surface area contributed by atoms with Crippen molar-refractivity contribution >= 4 is 18.0 Å². The summed E-state index contributed by atoms with van der Waals surface area (Å²) < 4.78 is 14.3. The van der Waals surface area contributed by atoms with E-state index in [1.807, 2.05) is 0 Å². The summed E-state index contributed by atoms with van der Waals surface area (Å²) >= 11 is 0. The summed E-state index contributed by atoms with van der Waals surface area (Å²) in [6.45, 7) is 1.31. The molecule has 1 rings (SSSR count). The van der Waals surface area contributed by atoms with E-state index in [-0.39, 0.29) is 11.4 Å². The Balaban J connectivity index is 3.16. The molecular weight excluding hydrogens is 294 g/mol. The average Bonchev–Trinajstić information content (AvgIpc) is 2.52. The lowest BCUT2D eigenvalue weighted by molar-refractivity contribution is -0.422. The Hall–Kier alpha value is -2.90. The van der Waals surface area contributed by atoms with Gasteiger partial charge in [-0.05, 0) is 6.07 Å². The van der Waals surface area contributed by atoms with Crippen LogP contribution in [0.4, 0.5) is 0 Å². The first-order chi connectivity index (χ1) is 10.4. The SMILES string of the molecule is COC(=O)C(Oc1ccccc1/C=C(\C)[N+](=O)[O-])C(=O)OC. The van der Waals surface area contributed by atoms with Gasteiger partial charge in [-0.15, -0.1) is 0 Å². The van der Waals surface area contributed by atoms with E-state index in [9.17, 15) is 19.7 Å². The second kappa shape index (κ2) is 7.77. The van der Waals surface area contributed by atoms with E-state index in [4.69, 9.17) is 4.74 Å². The van der Waals surface area contributed by atoms with Crippen molar-refractivity contribution in [1.29, 1.82) is 0 Å². The lowest BCUT2D eigenvalue weighted by Gasteiger charge is -2.16. The van der Waals surface area contributed by atoms with E-state index < -0.39 is 23.0 Å². The number of carbonyl (C=O) groups is 2. The zero-order chi connectivity index (χ0) is 16.7. The highest BCUT2D eigenvalue weighted by Gasteiger charge is 2.31. The molecule has 8 nitrogen and oxygen atoms in total. The van der Waals surface area contributed by atoms with Gasteiger partial charge in [-0.1, -0.05) is 18.2 Å². The first-order valence-electron chi connectivity index (χ1n) is 6.14. The predicted octanol–water partition coefficient (Wildman–Crippen LogP) is 1.42. The lowest BCUT2D eigenvalue weighted by Crippen LogP contribution is -2.37. The number of nitro groups is 1. The minimum atomic E-state index is -1.61. The Morgan fingerprint density at radius 3 is 2.23 bits per heavy atom. The zero-order valence-corrected chi connectivity index (χ0v) is 12.3. The summed E-state index contributed by atoms with van der Waals surface area (Å²) in [5.74, 6) is -1.75. The normalized spacial score (nSPS) is 11.0. The minimum absolute atomic E-state index is 0.115. The van der Waals surface area contributed by atoms with Crippen LogP contribution in [0.3, 0.4) is 0 Å². The lowest BCUT2D eigenvalue weighted by atomic mass is 10.1. The fourth-order valence-electron chi connectivity index (χ4n) is 1.52. The quantitative estimate of drug-likeness (QED) is 0.338. The van der Waals surface area contributed by atoms with Crippen molar-refractivity contribution < 1.29 is 28.7 Å². The topological polar surface area (TPSA) is 105 Å². The highest BCUT2D eigenvalue weighted by molar-refractivity contribution is 5.98. The van der Waals surface area contributed by atoms with E-state index in [0.717, 1.165) is 14.2 Å². The molecule has 1 aromatic carbocycles. The van der Waals surface area contributed by atoms with Crippen LogP contribution in [-0.4, -0.2) is 37.2 Å².